The third kappa shape index (κ3) is 3.10. The van der Waals surface area contributed by atoms with Crippen molar-refractivity contribution in [3.8, 4) is 0 Å². The Morgan fingerprint density at radius 3 is 2.58 bits per heavy atom. The summed E-state index contributed by atoms with van der Waals surface area (Å²) in [7, 11) is 0. The molecule has 1 aromatic heterocycles. The summed E-state index contributed by atoms with van der Waals surface area (Å²) < 4.78 is 5.34. The van der Waals surface area contributed by atoms with Crippen LogP contribution in [0.2, 0.25) is 0 Å². The Kier molecular flexibility index (Phi) is 4.67. The van der Waals surface area contributed by atoms with Gasteiger partial charge in [0, 0.05) is 70.2 Å². The minimum absolute atomic E-state index is 0.00868. The van der Waals surface area contributed by atoms with Gasteiger partial charge in [-0.05, 0) is 30.5 Å². The summed E-state index contributed by atoms with van der Waals surface area (Å²) in [5.74, 6) is -0.682. The Hall–Kier alpha value is -1.99. The van der Waals surface area contributed by atoms with E-state index in [-0.39, 0.29) is 17.7 Å². The van der Waals surface area contributed by atoms with Gasteiger partial charge in [0.15, 0.2) is 0 Å². The van der Waals surface area contributed by atoms with E-state index in [1.165, 1.54) is 0 Å². The fourth-order valence-corrected chi connectivity index (χ4v) is 4.71. The lowest BCUT2D eigenvalue weighted by Gasteiger charge is -2.29. The van der Waals surface area contributed by atoms with E-state index in [0.29, 0.717) is 39.4 Å². The Balaban J connectivity index is 1.45. The molecule has 26 heavy (non-hydrogen) atoms. The van der Waals surface area contributed by atoms with Crippen LogP contribution in [0.3, 0.4) is 0 Å². The van der Waals surface area contributed by atoms with Gasteiger partial charge in [0.25, 0.3) is 0 Å². The van der Waals surface area contributed by atoms with Crippen LogP contribution in [0.25, 0.3) is 0 Å². The molecule has 3 aliphatic rings. The van der Waals surface area contributed by atoms with Crippen molar-refractivity contribution in [2.75, 3.05) is 39.4 Å². The lowest BCUT2D eigenvalue weighted by atomic mass is 9.81. The van der Waals surface area contributed by atoms with E-state index >= 15 is 0 Å². The van der Waals surface area contributed by atoms with Gasteiger partial charge in [-0.15, -0.1) is 0 Å². The fourth-order valence-electron chi connectivity index (χ4n) is 4.71. The molecule has 1 amide bonds. The van der Waals surface area contributed by atoms with E-state index in [0.717, 1.165) is 24.9 Å². The molecule has 4 heterocycles. The second-order valence-corrected chi connectivity index (χ2v) is 7.79. The number of nitrogens with zero attached hydrogens (tertiary/aromatic N) is 3. The summed E-state index contributed by atoms with van der Waals surface area (Å²) in [5.41, 5.74) is 0.295. The molecule has 4 rings (SSSR count). The van der Waals surface area contributed by atoms with Gasteiger partial charge in [0.05, 0.1) is 0 Å². The number of ether oxygens (including phenoxy) is 1. The third-order valence-electron chi connectivity index (χ3n) is 6.14. The van der Waals surface area contributed by atoms with Crippen molar-refractivity contribution < 1.29 is 19.4 Å². The van der Waals surface area contributed by atoms with Crippen LogP contribution < -0.4 is 0 Å². The zero-order valence-corrected chi connectivity index (χ0v) is 14.8. The fraction of sp³-hybridized carbons (Fsp3) is 0.632. The van der Waals surface area contributed by atoms with E-state index in [9.17, 15) is 14.7 Å². The van der Waals surface area contributed by atoms with Crippen LogP contribution in [0.5, 0.6) is 0 Å². The molecule has 0 saturated carbocycles. The molecule has 0 radical (unpaired) electrons. The molecule has 2 atom stereocenters. The lowest BCUT2D eigenvalue weighted by molar-refractivity contribution is -0.149. The Morgan fingerprint density at radius 1 is 1.19 bits per heavy atom. The van der Waals surface area contributed by atoms with Gasteiger partial charge >= 0.3 is 5.97 Å². The smallest absolute Gasteiger partial charge is 0.313 e. The zero-order chi connectivity index (χ0) is 18.1. The highest BCUT2D eigenvalue weighted by molar-refractivity contribution is 5.83. The minimum Gasteiger partial charge on any atom is -0.481 e. The zero-order valence-electron chi connectivity index (χ0n) is 14.8. The van der Waals surface area contributed by atoms with Crippen molar-refractivity contribution in [3.05, 3.63) is 30.1 Å². The topological polar surface area (TPSA) is 83.0 Å². The second kappa shape index (κ2) is 6.96. The van der Waals surface area contributed by atoms with Gasteiger partial charge in [-0.2, -0.15) is 0 Å². The summed E-state index contributed by atoms with van der Waals surface area (Å²) in [5, 5.41) is 9.97. The first-order chi connectivity index (χ1) is 12.6. The number of aliphatic carboxylic acids is 1. The molecule has 3 fully saturated rings. The van der Waals surface area contributed by atoms with Crippen LogP contribution in [0.1, 0.15) is 18.4 Å². The summed E-state index contributed by atoms with van der Waals surface area (Å²) in [6.45, 7) is 4.06. The van der Waals surface area contributed by atoms with Crippen molar-refractivity contribution in [1.29, 1.82) is 0 Å². The predicted molar refractivity (Wildman–Crippen MR) is 93.2 cm³/mol. The molecule has 1 N–H and O–H groups in total. The van der Waals surface area contributed by atoms with Gasteiger partial charge in [-0.3, -0.25) is 19.5 Å². The Bertz CT molecular complexity index is 677. The SMILES string of the molecule is O=C(C1CCOCC1)N1C[C@H]2CN(Cc3ccncc3)C[C@@]2(C(=O)O)C1. The van der Waals surface area contributed by atoms with Crippen LogP contribution in [0.4, 0.5) is 0 Å². The van der Waals surface area contributed by atoms with Crippen LogP contribution in [-0.2, 0) is 20.9 Å². The maximum Gasteiger partial charge on any atom is 0.313 e. The van der Waals surface area contributed by atoms with Crippen molar-refractivity contribution in [2.45, 2.75) is 19.4 Å². The molecule has 0 bridgehead atoms. The number of aromatic nitrogens is 1. The van der Waals surface area contributed by atoms with Gasteiger partial charge in [0.2, 0.25) is 5.91 Å². The first-order valence-corrected chi connectivity index (χ1v) is 9.30. The molecule has 7 nitrogen and oxygen atoms in total. The number of carbonyl (C=O) groups is 2. The van der Waals surface area contributed by atoms with E-state index < -0.39 is 11.4 Å². The number of rotatable bonds is 4. The number of hydrogen-bond donors (Lipinski definition) is 1. The Morgan fingerprint density at radius 2 is 1.92 bits per heavy atom. The molecule has 0 aliphatic carbocycles. The molecule has 7 heteroatoms. The summed E-state index contributed by atoms with van der Waals surface area (Å²) in [4.78, 5) is 33.0. The second-order valence-electron chi connectivity index (χ2n) is 7.79. The molecule has 0 spiro atoms. The van der Waals surface area contributed by atoms with E-state index in [1.54, 1.807) is 17.3 Å². The van der Waals surface area contributed by atoms with Gasteiger partial charge < -0.3 is 14.7 Å². The number of carboxylic acid groups (broad SMARTS) is 1. The lowest BCUT2D eigenvalue weighted by Crippen LogP contribution is -2.43. The highest BCUT2D eigenvalue weighted by atomic mass is 16.5. The normalized spacial score (nSPS) is 29.7. The van der Waals surface area contributed by atoms with Crippen molar-refractivity contribution >= 4 is 11.9 Å². The molecule has 0 aromatic carbocycles. The van der Waals surface area contributed by atoms with E-state index in [2.05, 4.69) is 9.88 Å². The minimum atomic E-state index is -0.839. The monoisotopic (exact) mass is 359 g/mol. The number of amides is 1. The molecule has 3 saturated heterocycles. The number of likely N-dealkylation sites (tertiary alicyclic amines) is 2. The molecule has 3 aliphatic heterocycles. The third-order valence-corrected chi connectivity index (χ3v) is 6.14. The molecule has 1 aromatic rings. The predicted octanol–water partition coefficient (Wildman–Crippen LogP) is 0.853. The van der Waals surface area contributed by atoms with Crippen LogP contribution in [0, 0.1) is 17.3 Å². The molecule has 0 unspecified atom stereocenters. The number of carbonyl (C=O) groups excluding carboxylic acids is 1. The number of carboxylic acids is 1. The summed E-state index contributed by atoms with van der Waals surface area (Å²) in [6, 6.07) is 3.92. The maximum atomic E-state index is 12.8. The highest BCUT2D eigenvalue weighted by Crippen LogP contribution is 2.44. The average Bonchev–Trinajstić information content (AvgIpc) is 3.18. The molecular formula is C19H25N3O4. The summed E-state index contributed by atoms with van der Waals surface area (Å²) >= 11 is 0. The first-order valence-electron chi connectivity index (χ1n) is 9.30. The maximum absolute atomic E-state index is 12.8. The summed E-state index contributed by atoms with van der Waals surface area (Å²) in [6.07, 6.45) is 5.00. The number of fused-ring (bicyclic) bond motifs is 1. The van der Waals surface area contributed by atoms with Crippen molar-refractivity contribution in [3.63, 3.8) is 0 Å². The van der Waals surface area contributed by atoms with E-state index in [4.69, 9.17) is 4.74 Å². The Labute approximate surface area is 152 Å². The van der Waals surface area contributed by atoms with Gasteiger partial charge in [-0.25, -0.2) is 0 Å². The van der Waals surface area contributed by atoms with Crippen molar-refractivity contribution in [1.82, 2.24) is 14.8 Å². The van der Waals surface area contributed by atoms with Gasteiger partial charge in [-0.1, -0.05) is 0 Å². The molecular weight excluding hydrogens is 334 g/mol. The van der Waals surface area contributed by atoms with Crippen LogP contribution in [-0.4, -0.2) is 71.2 Å². The van der Waals surface area contributed by atoms with Crippen LogP contribution in [0.15, 0.2) is 24.5 Å². The van der Waals surface area contributed by atoms with Gasteiger partial charge in [0.1, 0.15) is 5.41 Å². The number of pyridine rings is 1. The first kappa shape index (κ1) is 17.4. The average molecular weight is 359 g/mol. The number of hydrogen-bond acceptors (Lipinski definition) is 5. The van der Waals surface area contributed by atoms with E-state index in [1.807, 2.05) is 12.1 Å². The quantitative estimate of drug-likeness (QED) is 0.858. The molecule has 140 valence electrons. The van der Waals surface area contributed by atoms with Crippen LogP contribution >= 0.6 is 0 Å². The largest absolute Gasteiger partial charge is 0.481 e. The van der Waals surface area contributed by atoms with Crippen molar-refractivity contribution in [2.24, 2.45) is 17.3 Å². The standard InChI is InChI=1S/C19H25N3O4/c23-17(15-3-7-26-8-4-15)22-11-16-10-21(9-14-1-5-20-6-2-14)12-19(16,13-22)18(24)25/h1-2,5-6,15-16H,3-4,7-13H2,(H,24,25)/t16-,19-/m1/s1. The highest BCUT2D eigenvalue weighted by Gasteiger charge is 2.58.